The van der Waals surface area contributed by atoms with Gasteiger partial charge in [-0.1, -0.05) is 67.2 Å². The zero-order valence-corrected chi connectivity index (χ0v) is 22.9. The first-order valence-corrected chi connectivity index (χ1v) is 13.7. The number of nitrogens with one attached hydrogen (secondary N) is 1. The highest BCUT2D eigenvalue weighted by molar-refractivity contribution is 5.81. The second-order valence-corrected chi connectivity index (χ2v) is 10.9. The highest BCUT2D eigenvalue weighted by Crippen LogP contribution is 2.55. The van der Waals surface area contributed by atoms with Gasteiger partial charge in [-0.25, -0.2) is 0 Å². The molecule has 0 spiro atoms. The quantitative estimate of drug-likeness (QED) is 0.215. The fourth-order valence-electron chi connectivity index (χ4n) is 5.17. The Morgan fingerprint density at radius 3 is 2.39 bits per heavy atom. The summed E-state index contributed by atoms with van der Waals surface area (Å²) in [5.74, 6) is -0.340. The Morgan fingerprint density at radius 1 is 1.12 bits per heavy atom. The molecule has 33 heavy (non-hydrogen) atoms. The summed E-state index contributed by atoms with van der Waals surface area (Å²) >= 11 is 0. The van der Waals surface area contributed by atoms with Gasteiger partial charge >= 0.3 is 11.9 Å². The number of hydrogen-bond acceptors (Lipinski definition) is 5. The molecule has 6 atom stereocenters. The lowest BCUT2D eigenvalue weighted by molar-refractivity contribution is -0.175. The van der Waals surface area contributed by atoms with E-state index in [0.29, 0.717) is 12.5 Å². The SMILES string of the molecule is CCCCCCNCC(C(=O)OC(C)CC)C1(C)CCC(CC)OC(=O)C1(C)CC(C)CC. The molecule has 5 nitrogen and oxygen atoms in total. The lowest BCUT2D eigenvalue weighted by Crippen LogP contribution is -2.54. The van der Waals surface area contributed by atoms with Gasteiger partial charge in [-0.2, -0.15) is 0 Å². The van der Waals surface area contributed by atoms with E-state index in [1.54, 1.807) is 0 Å². The maximum absolute atomic E-state index is 13.6. The summed E-state index contributed by atoms with van der Waals surface area (Å²) in [4.78, 5) is 27.2. The van der Waals surface area contributed by atoms with Crippen molar-refractivity contribution in [3.05, 3.63) is 0 Å². The molecule has 0 saturated carbocycles. The van der Waals surface area contributed by atoms with Crippen LogP contribution in [0.4, 0.5) is 0 Å². The maximum atomic E-state index is 13.6. The number of carbonyl (C=O) groups excluding carboxylic acids is 2. The Bertz CT molecular complexity index is 594. The predicted molar refractivity (Wildman–Crippen MR) is 136 cm³/mol. The summed E-state index contributed by atoms with van der Waals surface area (Å²) in [7, 11) is 0. The molecule has 1 heterocycles. The van der Waals surface area contributed by atoms with Gasteiger partial charge in [0, 0.05) is 6.54 Å². The summed E-state index contributed by atoms with van der Waals surface area (Å²) in [6.45, 7) is 18.2. The molecular formula is C28H53NO4. The Kier molecular flexibility index (Phi) is 13.0. The summed E-state index contributed by atoms with van der Waals surface area (Å²) in [6.07, 6.45) is 9.39. The normalized spacial score (nSPS) is 28.5. The zero-order chi connectivity index (χ0) is 25.1. The smallest absolute Gasteiger partial charge is 0.312 e. The second kappa shape index (κ2) is 14.3. The average molecular weight is 468 g/mol. The molecule has 1 rings (SSSR count). The molecule has 0 aromatic heterocycles. The Hall–Kier alpha value is -1.10. The molecule has 6 unspecified atom stereocenters. The first kappa shape index (κ1) is 29.9. The van der Waals surface area contributed by atoms with Crippen LogP contribution >= 0.6 is 0 Å². The van der Waals surface area contributed by atoms with Gasteiger partial charge in [0.1, 0.15) is 6.10 Å². The van der Waals surface area contributed by atoms with Gasteiger partial charge in [-0.05, 0) is 70.3 Å². The van der Waals surface area contributed by atoms with Crippen molar-refractivity contribution >= 4 is 11.9 Å². The van der Waals surface area contributed by atoms with Crippen LogP contribution in [0.25, 0.3) is 0 Å². The molecule has 1 saturated heterocycles. The molecule has 0 aliphatic carbocycles. The van der Waals surface area contributed by atoms with E-state index < -0.39 is 16.7 Å². The summed E-state index contributed by atoms with van der Waals surface area (Å²) in [6, 6.07) is 0. The number of ether oxygens (including phenoxy) is 2. The van der Waals surface area contributed by atoms with E-state index in [4.69, 9.17) is 9.47 Å². The molecule has 1 aliphatic heterocycles. The Labute approximate surface area is 204 Å². The summed E-state index contributed by atoms with van der Waals surface area (Å²) < 4.78 is 11.9. The first-order chi connectivity index (χ1) is 15.6. The fourth-order valence-corrected chi connectivity index (χ4v) is 5.17. The van der Waals surface area contributed by atoms with E-state index >= 15 is 0 Å². The van der Waals surface area contributed by atoms with Crippen LogP contribution in [0.15, 0.2) is 0 Å². The molecule has 0 radical (unpaired) electrons. The van der Waals surface area contributed by atoms with Crippen LogP contribution in [0.1, 0.15) is 120 Å². The third-order valence-corrected chi connectivity index (χ3v) is 8.38. The lowest BCUT2D eigenvalue weighted by atomic mass is 9.54. The molecule has 1 N–H and O–H groups in total. The van der Waals surface area contributed by atoms with E-state index in [0.717, 1.165) is 51.5 Å². The predicted octanol–water partition coefficient (Wildman–Crippen LogP) is 6.68. The van der Waals surface area contributed by atoms with Crippen molar-refractivity contribution < 1.29 is 19.1 Å². The van der Waals surface area contributed by atoms with Crippen LogP contribution in [0, 0.1) is 22.7 Å². The van der Waals surface area contributed by atoms with Crippen LogP contribution in [0.3, 0.4) is 0 Å². The fraction of sp³-hybridized carbons (Fsp3) is 0.929. The van der Waals surface area contributed by atoms with Crippen molar-refractivity contribution in [3.8, 4) is 0 Å². The van der Waals surface area contributed by atoms with Crippen LogP contribution in [0.2, 0.25) is 0 Å². The third kappa shape index (κ3) is 7.97. The van der Waals surface area contributed by atoms with Gasteiger partial charge in [0.05, 0.1) is 17.4 Å². The molecule has 0 aromatic rings. The van der Waals surface area contributed by atoms with Crippen LogP contribution < -0.4 is 5.32 Å². The molecule has 1 fully saturated rings. The highest BCUT2D eigenvalue weighted by Gasteiger charge is 2.59. The van der Waals surface area contributed by atoms with Crippen molar-refractivity contribution in [1.82, 2.24) is 5.32 Å². The molecule has 194 valence electrons. The number of esters is 2. The van der Waals surface area contributed by atoms with Gasteiger partial charge in [0.25, 0.3) is 0 Å². The largest absolute Gasteiger partial charge is 0.462 e. The molecule has 1 aliphatic rings. The molecule has 0 amide bonds. The van der Waals surface area contributed by atoms with Crippen molar-refractivity contribution in [1.29, 1.82) is 0 Å². The molecular weight excluding hydrogens is 414 g/mol. The van der Waals surface area contributed by atoms with Gasteiger partial charge < -0.3 is 14.8 Å². The van der Waals surface area contributed by atoms with Crippen molar-refractivity contribution in [3.63, 3.8) is 0 Å². The van der Waals surface area contributed by atoms with Crippen LogP contribution in [-0.4, -0.2) is 37.2 Å². The minimum atomic E-state index is -0.741. The average Bonchev–Trinajstić information content (AvgIpc) is 2.88. The molecule has 0 bridgehead atoms. The first-order valence-electron chi connectivity index (χ1n) is 13.7. The number of cyclic esters (lactones) is 1. The van der Waals surface area contributed by atoms with Crippen LogP contribution in [-0.2, 0) is 19.1 Å². The number of carbonyl (C=O) groups is 2. The molecule has 0 aromatic carbocycles. The van der Waals surface area contributed by atoms with Gasteiger partial charge in [-0.3, -0.25) is 9.59 Å². The van der Waals surface area contributed by atoms with E-state index in [-0.39, 0.29) is 24.1 Å². The third-order valence-electron chi connectivity index (χ3n) is 8.38. The van der Waals surface area contributed by atoms with Crippen molar-refractivity contribution in [2.75, 3.05) is 13.1 Å². The molecule has 5 heteroatoms. The lowest BCUT2D eigenvalue weighted by Gasteiger charge is -2.48. The van der Waals surface area contributed by atoms with E-state index in [2.05, 4.69) is 39.9 Å². The van der Waals surface area contributed by atoms with Gasteiger partial charge in [-0.15, -0.1) is 0 Å². The number of hydrogen-bond donors (Lipinski definition) is 1. The number of rotatable bonds is 15. The van der Waals surface area contributed by atoms with E-state index in [1.807, 2.05) is 20.8 Å². The summed E-state index contributed by atoms with van der Waals surface area (Å²) in [5.41, 5.74) is -1.28. The van der Waals surface area contributed by atoms with Gasteiger partial charge in [0.15, 0.2) is 0 Å². The Balaban J connectivity index is 3.31. The summed E-state index contributed by atoms with van der Waals surface area (Å²) in [5, 5.41) is 3.55. The maximum Gasteiger partial charge on any atom is 0.312 e. The highest BCUT2D eigenvalue weighted by atomic mass is 16.5. The van der Waals surface area contributed by atoms with Gasteiger partial charge in [0.2, 0.25) is 0 Å². The topological polar surface area (TPSA) is 64.6 Å². The second-order valence-electron chi connectivity index (χ2n) is 10.9. The van der Waals surface area contributed by atoms with Crippen molar-refractivity contribution in [2.45, 2.75) is 132 Å². The Morgan fingerprint density at radius 2 is 1.82 bits per heavy atom. The minimum Gasteiger partial charge on any atom is -0.462 e. The van der Waals surface area contributed by atoms with Crippen LogP contribution in [0.5, 0.6) is 0 Å². The van der Waals surface area contributed by atoms with E-state index in [1.165, 1.54) is 19.3 Å². The van der Waals surface area contributed by atoms with Crippen molar-refractivity contribution in [2.24, 2.45) is 22.7 Å². The monoisotopic (exact) mass is 467 g/mol. The minimum absolute atomic E-state index is 0.0798. The van der Waals surface area contributed by atoms with E-state index in [9.17, 15) is 9.59 Å². The standard InChI is InChI=1S/C28H53NO4/c1-9-13-14-15-18-29-20-24(25(30)32-22(6)11-3)27(7)17-16-23(12-4)33-26(31)28(27,8)19-21(5)10-2/h21-24,29H,9-20H2,1-8H3. The number of unbranched alkanes of at least 4 members (excludes halogenated alkanes) is 3. The zero-order valence-electron chi connectivity index (χ0n) is 22.9.